The Morgan fingerprint density at radius 3 is 2.46 bits per heavy atom. The highest BCUT2D eigenvalue weighted by atomic mass is 32.2. The zero-order valence-electron chi connectivity index (χ0n) is 15.2. The summed E-state index contributed by atoms with van der Waals surface area (Å²) in [4.78, 5) is 23.5. The standard InChI is InChI=1S/C18H30N4OS/c1-14-16(15(2)21-18(20-14)24-3)8-9-17(23)19-10-7-13-22-11-5-4-6-12-22/h4-13H2,1-3H3,(H,19,23). The molecule has 2 heterocycles. The summed E-state index contributed by atoms with van der Waals surface area (Å²) in [6.07, 6.45) is 8.25. The Morgan fingerprint density at radius 2 is 1.83 bits per heavy atom. The van der Waals surface area contributed by atoms with Crippen LogP contribution in [0.2, 0.25) is 0 Å². The van der Waals surface area contributed by atoms with Crippen molar-refractivity contribution in [2.75, 3.05) is 32.4 Å². The molecule has 1 aliphatic heterocycles. The molecule has 1 amide bonds. The van der Waals surface area contributed by atoms with Crippen LogP contribution in [0.3, 0.4) is 0 Å². The van der Waals surface area contributed by atoms with Crippen molar-refractivity contribution in [3.63, 3.8) is 0 Å². The first-order valence-electron chi connectivity index (χ1n) is 8.97. The van der Waals surface area contributed by atoms with E-state index >= 15 is 0 Å². The van der Waals surface area contributed by atoms with E-state index in [4.69, 9.17) is 0 Å². The van der Waals surface area contributed by atoms with Crippen LogP contribution in [0.15, 0.2) is 5.16 Å². The van der Waals surface area contributed by atoms with Crippen molar-refractivity contribution in [3.05, 3.63) is 17.0 Å². The van der Waals surface area contributed by atoms with Gasteiger partial charge in [-0.2, -0.15) is 0 Å². The van der Waals surface area contributed by atoms with Crippen molar-refractivity contribution in [2.24, 2.45) is 0 Å². The average molecular weight is 351 g/mol. The smallest absolute Gasteiger partial charge is 0.220 e. The maximum Gasteiger partial charge on any atom is 0.220 e. The Labute approximate surface area is 150 Å². The lowest BCUT2D eigenvalue weighted by molar-refractivity contribution is -0.121. The lowest BCUT2D eigenvalue weighted by Gasteiger charge is -2.26. The number of carbonyl (C=O) groups excluding carboxylic acids is 1. The predicted octanol–water partition coefficient (Wildman–Crippen LogP) is 2.74. The lowest BCUT2D eigenvalue weighted by atomic mass is 10.1. The topological polar surface area (TPSA) is 58.1 Å². The van der Waals surface area contributed by atoms with Crippen LogP contribution in [-0.4, -0.2) is 53.2 Å². The molecule has 0 radical (unpaired) electrons. The fourth-order valence-electron chi connectivity index (χ4n) is 3.20. The van der Waals surface area contributed by atoms with Gasteiger partial charge >= 0.3 is 0 Å². The van der Waals surface area contributed by atoms with E-state index < -0.39 is 0 Å². The molecular weight excluding hydrogens is 320 g/mol. The molecule has 134 valence electrons. The number of amides is 1. The summed E-state index contributed by atoms with van der Waals surface area (Å²) < 4.78 is 0. The summed E-state index contributed by atoms with van der Waals surface area (Å²) in [5.41, 5.74) is 3.09. The minimum atomic E-state index is 0.126. The summed E-state index contributed by atoms with van der Waals surface area (Å²) in [5, 5.41) is 3.85. The third-order valence-corrected chi connectivity index (χ3v) is 5.15. The number of piperidine rings is 1. The van der Waals surface area contributed by atoms with E-state index in [0.29, 0.717) is 12.8 Å². The summed E-state index contributed by atoms with van der Waals surface area (Å²) in [7, 11) is 0. The molecule has 24 heavy (non-hydrogen) atoms. The lowest BCUT2D eigenvalue weighted by Crippen LogP contribution is -2.33. The van der Waals surface area contributed by atoms with Crippen LogP contribution in [0.25, 0.3) is 0 Å². The maximum atomic E-state index is 12.0. The molecule has 0 atom stereocenters. The van der Waals surface area contributed by atoms with Crippen LogP contribution < -0.4 is 5.32 Å². The van der Waals surface area contributed by atoms with Gasteiger partial charge in [-0.1, -0.05) is 18.2 Å². The minimum Gasteiger partial charge on any atom is -0.356 e. The van der Waals surface area contributed by atoms with E-state index in [0.717, 1.165) is 41.6 Å². The number of carbonyl (C=O) groups is 1. The second-order valence-electron chi connectivity index (χ2n) is 6.47. The van der Waals surface area contributed by atoms with E-state index in [1.54, 1.807) is 11.8 Å². The van der Waals surface area contributed by atoms with Crippen molar-refractivity contribution in [2.45, 2.75) is 57.5 Å². The molecule has 1 aliphatic rings. The molecule has 0 saturated carbocycles. The Balaban J connectivity index is 1.67. The number of hydrogen-bond donors (Lipinski definition) is 1. The second-order valence-corrected chi connectivity index (χ2v) is 7.24. The van der Waals surface area contributed by atoms with Crippen molar-refractivity contribution >= 4 is 17.7 Å². The van der Waals surface area contributed by atoms with Crippen LogP contribution in [0, 0.1) is 13.8 Å². The van der Waals surface area contributed by atoms with Gasteiger partial charge in [0.2, 0.25) is 5.91 Å². The normalized spacial score (nSPS) is 15.5. The van der Waals surface area contributed by atoms with E-state index in [-0.39, 0.29) is 5.91 Å². The average Bonchev–Trinajstić information content (AvgIpc) is 2.58. The van der Waals surface area contributed by atoms with Crippen molar-refractivity contribution < 1.29 is 4.79 Å². The Hall–Kier alpha value is -1.14. The van der Waals surface area contributed by atoms with Gasteiger partial charge in [0.15, 0.2) is 5.16 Å². The van der Waals surface area contributed by atoms with Crippen molar-refractivity contribution in [3.8, 4) is 0 Å². The summed E-state index contributed by atoms with van der Waals surface area (Å²) in [6, 6.07) is 0. The SMILES string of the molecule is CSc1nc(C)c(CCC(=O)NCCCN2CCCCC2)c(C)n1. The van der Waals surface area contributed by atoms with Gasteiger partial charge in [-0.15, -0.1) is 0 Å². The molecule has 0 unspecified atom stereocenters. The molecule has 0 spiro atoms. The Morgan fingerprint density at radius 1 is 1.17 bits per heavy atom. The van der Waals surface area contributed by atoms with Gasteiger partial charge in [0.05, 0.1) is 0 Å². The molecule has 6 heteroatoms. The van der Waals surface area contributed by atoms with Gasteiger partial charge in [0.25, 0.3) is 0 Å². The van der Waals surface area contributed by atoms with Gasteiger partial charge in [-0.25, -0.2) is 9.97 Å². The van der Waals surface area contributed by atoms with Gasteiger partial charge in [0, 0.05) is 24.4 Å². The Bertz CT molecular complexity index is 521. The van der Waals surface area contributed by atoms with Gasteiger partial charge in [-0.3, -0.25) is 4.79 Å². The molecular formula is C18H30N4OS. The van der Waals surface area contributed by atoms with E-state index in [9.17, 15) is 4.79 Å². The van der Waals surface area contributed by atoms with E-state index in [2.05, 4.69) is 20.2 Å². The summed E-state index contributed by atoms with van der Waals surface area (Å²) in [5.74, 6) is 0.126. The molecule has 1 fully saturated rings. The largest absolute Gasteiger partial charge is 0.356 e. The third kappa shape index (κ3) is 6.06. The van der Waals surface area contributed by atoms with Crippen molar-refractivity contribution in [1.29, 1.82) is 0 Å². The molecule has 2 rings (SSSR count). The monoisotopic (exact) mass is 350 g/mol. The number of nitrogens with zero attached hydrogens (tertiary/aromatic N) is 3. The summed E-state index contributed by atoms with van der Waals surface area (Å²) in [6.45, 7) is 8.31. The van der Waals surface area contributed by atoms with Crippen LogP contribution in [0.1, 0.15) is 49.1 Å². The molecule has 0 aliphatic carbocycles. The number of hydrogen-bond acceptors (Lipinski definition) is 5. The van der Waals surface area contributed by atoms with E-state index in [1.807, 2.05) is 20.1 Å². The quantitative estimate of drug-likeness (QED) is 0.444. The molecule has 0 aromatic carbocycles. The zero-order valence-corrected chi connectivity index (χ0v) is 16.0. The highest BCUT2D eigenvalue weighted by Crippen LogP contribution is 2.17. The number of aryl methyl sites for hydroxylation is 2. The second kappa shape index (κ2) is 9.99. The number of nitrogens with one attached hydrogen (secondary N) is 1. The number of rotatable bonds is 8. The maximum absolute atomic E-state index is 12.0. The summed E-state index contributed by atoms with van der Waals surface area (Å²) >= 11 is 1.55. The highest BCUT2D eigenvalue weighted by molar-refractivity contribution is 7.98. The fraction of sp³-hybridized carbons (Fsp3) is 0.722. The van der Waals surface area contributed by atoms with Crippen molar-refractivity contribution in [1.82, 2.24) is 20.2 Å². The van der Waals surface area contributed by atoms with Gasteiger partial charge < -0.3 is 10.2 Å². The third-order valence-electron chi connectivity index (χ3n) is 4.61. The van der Waals surface area contributed by atoms with Crippen LogP contribution >= 0.6 is 11.8 Å². The number of likely N-dealkylation sites (tertiary alicyclic amines) is 1. The molecule has 1 aromatic rings. The van der Waals surface area contributed by atoms with Crippen LogP contribution in [-0.2, 0) is 11.2 Å². The molecule has 5 nitrogen and oxygen atoms in total. The first-order valence-corrected chi connectivity index (χ1v) is 10.2. The number of aromatic nitrogens is 2. The van der Waals surface area contributed by atoms with E-state index in [1.165, 1.54) is 32.4 Å². The van der Waals surface area contributed by atoms with Crippen LogP contribution in [0.5, 0.6) is 0 Å². The van der Waals surface area contributed by atoms with Crippen LogP contribution in [0.4, 0.5) is 0 Å². The Kier molecular flexibility index (Phi) is 7.99. The molecule has 1 aromatic heterocycles. The zero-order chi connectivity index (χ0) is 17.4. The number of thioether (sulfide) groups is 1. The predicted molar refractivity (Wildman–Crippen MR) is 99.5 cm³/mol. The molecule has 1 saturated heterocycles. The first-order chi connectivity index (χ1) is 11.6. The van der Waals surface area contributed by atoms with Gasteiger partial charge in [-0.05, 0) is 71.0 Å². The molecule has 1 N–H and O–H groups in total. The fourth-order valence-corrected chi connectivity index (χ4v) is 3.66. The molecule has 0 bridgehead atoms. The van der Waals surface area contributed by atoms with Gasteiger partial charge in [0.1, 0.15) is 0 Å². The highest BCUT2D eigenvalue weighted by Gasteiger charge is 2.11. The first kappa shape index (κ1) is 19.2. The minimum absolute atomic E-state index is 0.126.